The fourth-order valence-corrected chi connectivity index (χ4v) is 0.922. The van der Waals surface area contributed by atoms with Gasteiger partial charge in [0.25, 0.3) is 0 Å². The third kappa shape index (κ3) is 4.80. The van der Waals surface area contributed by atoms with Gasteiger partial charge in [-0.25, -0.2) is 4.39 Å². The van der Waals surface area contributed by atoms with Crippen molar-refractivity contribution in [3.63, 3.8) is 0 Å². The number of aliphatic hydroxyl groups excluding tert-OH is 1. The number of rotatable bonds is 5. The number of hydrogen-bond acceptors (Lipinski definition) is 3. The van der Waals surface area contributed by atoms with Gasteiger partial charge >= 0.3 is 0 Å². The minimum absolute atomic E-state index is 0.259. The molecule has 0 aliphatic heterocycles. The van der Waals surface area contributed by atoms with E-state index in [0.717, 1.165) is 0 Å². The smallest absolute Gasteiger partial charge is 0.250 e. The lowest BCUT2D eigenvalue weighted by Gasteiger charge is -2.17. The van der Waals surface area contributed by atoms with Gasteiger partial charge in [-0.1, -0.05) is 0 Å². The normalized spacial score (nSPS) is 17.6. The average molecular weight is 192 g/mol. The maximum absolute atomic E-state index is 12.4. The highest BCUT2D eigenvalue weighted by Crippen LogP contribution is 2.05. The zero-order valence-electron chi connectivity index (χ0n) is 7.96. The molecule has 0 aromatic heterocycles. The Hall–Kier alpha value is -0.680. The van der Waals surface area contributed by atoms with Crippen molar-refractivity contribution in [3.8, 4) is 0 Å². The van der Waals surface area contributed by atoms with Gasteiger partial charge in [0.15, 0.2) is 0 Å². The largest absolute Gasteiger partial charge is 0.382 e. The summed E-state index contributed by atoms with van der Waals surface area (Å²) in [5, 5.41) is 11.5. The Kier molecular flexibility index (Phi) is 5.57. The average Bonchev–Trinajstić information content (AvgIpc) is 2.11. The van der Waals surface area contributed by atoms with Crippen molar-refractivity contribution >= 4 is 5.91 Å². The Bertz CT molecular complexity index is 164. The highest BCUT2D eigenvalue weighted by atomic mass is 19.1. The molecule has 0 bridgehead atoms. The van der Waals surface area contributed by atoms with Crippen LogP contribution in [0.3, 0.4) is 0 Å². The van der Waals surface area contributed by atoms with E-state index in [1.54, 1.807) is 0 Å². The molecule has 0 saturated carbocycles. The van der Waals surface area contributed by atoms with Gasteiger partial charge in [-0.05, 0) is 19.8 Å². The number of amides is 1. The van der Waals surface area contributed by atoms with Crippen LogP contribution in [0.1, 0.15) is 19.8 Å². The Morgan fingerprint density at radius 2 is 2.15 bits per heavy atom. The number of nitrogens with one attached hydrogen (secondary N) is 1. The van der Waals surface area contributed by atoms with E-state index >= 15 is 0 Å². The van der Waals surface area contributed by atoms with Crippen molar-refractivity contribution in [3.05, 3.63) is 0 Å². The number of aliphatic hydroxyl groups is 1. The van der Waals surface area contributed by atoms with E-state index in [1.165, 1.54) is 14.0 Å². The van der Waals surface area contributed by atoms with Crippen LogP contribution in [-0.2, 0) is 4.79 Å². The number of halogens is 1. The fourth-order valence-electron chi connectivity index (χ4n) is 0.922. The first kappa shape index (κ1) is 12.3. The lowest BCUT2D eigenvalue weighted by molar-refractivity contribution is -0.129. The Labute approximate surface area is 77.3 Å². The monoisotopic (exact) mass is 192 g/mol. The van der Waals surface area contributed by atoms with Crippen LogP contribution < -0.4 is 11.1 Å². The van der Waals surface area contributed by atoms with Crippen LogP contribution in [0.25, 0.3) is 0 Å². The summed E-state index contributed by atoms with van der Waals surface area (Å²) in [6, 6.07) is -0.696. The Morgan fingerprint density at radius 3 is 2.54 bits per heavy atom. The molecule has 0 heterocycles. The number of carbonyl (C=O) groups excluding carboxylic acids is 1. The Balaban J connectivity index is 3.82. The minimum atomic E-state index is -1.25. The third-order valence-corrected chi connectivity index (χ3v) is 1.82. The predicted octanol–water partition coefficient (Wildman–Crippen LogP) is -0.441. The standard InChI is InChI=1S/C8H17FN2O2/c1-5(9)3-4-6(10)7(12)8(13)11-2/h5-7,12H,3-4,10H2,1-2H3,(H,11,13)/t5?,6-,7?/m0/s1. The van der Waals surface area contributed by atoms with E-state index < -0.39 is 24.2 Å². The van der Waals surface area contributed by atoms with E-state index in [2.05, 4.69) is 5.32 Å². The van der Waals surface area contributed by atoms with E-state index in [0.29, 0.717) is 6.42 Å². The van der Waals surface area contributed by atoms with Crippen LogP contribution in [0.4, 0.5) is 4.39 Å². The molecule has 4 nitrogen and oxygen atoms in total. The van der Waals surface area contributed by atoms with Crippen molar-refractivity contribution in [1.29, 1.82) is 0 Å². The zero-order valence-corrected chi connectivity index (χ0v) is 7.96. The number of likely N-dealkylation sites (N-methyl/N-ethyl adjacent to an activating group) is 1. The molecule has 78 valence electrons. The molecule has 5 heteroatoms. The highest BCUT2D eigenvalue weighted by Gasteiger charge is 2.21. The molecule has 4 N–H and O–H groups in total. The maximum atomic E-state index is 12.4. The molecule has 1 amide bonds. The van der Waals surface area contributed by atoms with Gasteiger partial charge in [-0.15, -0.1) is 0 Å². The zero-order chi connectivity index (χ0) is 10.4. The van der Waals surface area contributed by atoms with Gasteiger partial charge in [0.05, 0.1) is 6.17 Å². The third-order valence-electron chi connectivity index (χ3n) is 1.82. The van der Waals surface area contributed by atoms with Crippen LogP contribution in [-0.4, -0.2) is 36.4 Å². The van der Waals surface area contributed by atoms with Gasteiger partial charge in [0, 0.05) is 13.1 Å². The van der Waals surface area contributed by atoms with Crippen LogP contribution in [0, 0.1) is 0 Å². The van der Waals surface area contributed by atoms with Crippen molar-refractivity contribution in [2.75, 3.05) is 7.05 Å². The van der Waals surface area contributed by atoms with Gasteiger partial charge in [-0.2, -0.15) is 0 Å². The first-order valence-corrected chi connectivity index (χ1v) is 4.28. The van der Waals surface area contributed by atoms with Crippen molar-refractivity contribution in [2.45, 2.75) is 38.1 Å². The second-order valence-electron chi connectivity index (χ2n) is 3.08. The highest BCUT2D eigenvalue weighted by molar-refractivity contribution is 5.80. The molecule has 0 aliphatic carbocycles. The number of alkyl halides is 1. The SMILES string of the molecule is CNC(=O)C(O)[C@@H](N)CCC(C)F. The molecule has 13 heavy (non-hydrogen) atoms. The molecule has 0 spiro atoms. The second kappa shape index (κ2) is 5.88. The topological polar surface area (TPSA) is 75.3 Å². The van der Waals surface area contributed by atoms with Gasteiger partial charge in [0.2, 0.25) is 5.91 Å². The minimum Gasteiger partial charge on any atom is -0.382 e. The number of hydrogen-bond donors (Lipinski definition) is 3. The Morgan fingerprint density at radius 1 is 1.62 bits per heavy atom. The summed E-state index contributed by atoms with van der Waals surface area (Å²) in [7, 11) is 1.41. The predicted molar refractivity (Wildman–Crippen MR) is 47.9 cm³/mol. The first-order valence-electron chi connectivity index (χ1n) is 4.28. The summed E-state index contributed by atoms with van der Waals surface area (Å²) in [6.07, 6.45) is -1.65. The molecule has 0 aromatic rings. The van der Waals surface area contributed by atoms with E-state index in [4.69, 9.17) is 5.73 Å². The summed E-state index contributed by atoms with van der Waals surface area (Å²) < 4.78 is 12.4. The van der Waals surface area contributed by atoms with Crippen molar-refractivity contribution < 1.29 is 14.3 Å². The van der Waals surface area contributed by atoms with Crippen molar-refractivity contribution in [1.82, 2.24) is 5.32 Å². The van der Waals surface area contributed by atoms with Crippen LogP contribution in [0.15, 0.2) is 0 Å². The van der Waals surface area contributed by atoms with Gasteiger partial charge in [-0.3, -0.25) is 4.79 Å². The van der Waals surface area contributed by atoms with E-state index in [1.807, 2.05) is 0 Å². The summed E-state index contributed by atoms with van der Waals surface area (Å²) in [6.45, 7) is 1.42. The molecular weight excluding hydrogens is 175 g/mol. The molecule has 3 atom stereocenters. The van der Waals surface area contributed by atoms with Crippen LogP contribution in [0.5, 0.6) is 0 Å². The number of nitrogens with two attached hydrogens (primary N) is 1. The maximum Gasteiger partial charge on any atom is 0.250 e. The molecule has 0 aromatic carbocycles. The second-order valence-corrected chi connectivity index (χ2v) is 3.08. The summed E-state index contributed by atoms with van der Waals surface area (Å²) in [5.41, 5.74) is 5.46. The van der Waals surface area contributed by atoms with Gasteiger partial charge < -0.3 is 16.2 Å². The van der Waals surface area contributed by atoms with Crippen LogP contribution >= 0.6 is 0 Å². The fraction of sp³-hybridized carbons (Fsp3) is 0.875. The molecule has 0 fully saturated rings. The lowest BCUT2D eigenvalue weighted by atomic mass is 10.0. The van der Waals surface area contributed by atoms with Gasteiger partial charge in [0.1, 0.15) is 6.10 Å². The molecule has 0 rings (SSSR count). The quantitative estimate of drug-likeness (QED) is 0.552. The van der Waals surface area contributed by atoms with E-state index in [-0.39, 0.29) is 6.42 Å². The molecule has 0 saturated heterocycles. The van der Waals surface area contributed by atoms with E-state index in [9.17, 15) is 14.3 Å². The molecular formula is C8H17FN2O2. The molecule has 0 radical (unpaired) electrons. The van der Waals surface area contributed by atoms with Crippen molar-refractivity contribution in [2.24, 2.45) is 5.73 Å². The first-order chi connectivity index (χ1) is 5.99. The summed E-state index contributed by atoms with van der Waals surface area (Å²) >= 11 is 0. The molecule has 0 aliphatic rings. The molecule has 2 unspecified atom stereocenters. The lowest BCUT2D eigenvalue weighted by Crippen LogP contribution is -2.45. The summed E-state index contributed by atoms with van der Waals surface area (Å²) in [4.78, 5) is 10.9. The summed E-state index contributed by atoms with van der Waals surface area (Å²) in [5.74, 6) is -0.529. The van der Waals surface area contributed by atoms with Crippen LogP contribution in [0.2, 0.25) is 0 Å². The number of carbonyl (C=O) groups is 1.